The summed E-state index contributed by atoms with van der Waals surface area (Å²) in [6.45, 7) is 4.63. The number of phosphoric acid groups is 1. The Labute approximate surface area is 264 Å². The van der Waals surface area contributed by atoms with Crippen LogP contribution in [0.15, 0.2) is 24.3 Å². The molecule has 0 spiro atoms. The number of aliphatic hydroxyl groups excluding tert-OH is 1. The summed E-state index contributed by atoms with van der Waals surface area (Å²) < 4.78 is 23.2. The van der Waals surface area contributed by atoms with Crippen LogP contribution in [0.25, 0.3) is 0 Å². The van der Waals surface area contributed by atoms with Gasteiger partial charge in [0, 0.05) is 6.42 Å². The Hall–Kier alpha value is -1.02. The van der Waals surface area contributed by atoms with E-state index in [1.165, 1.54) is 70.6 Å². The molecule has 0 saturated heterocycles. The Bertz CT molecular complexity index is 768. The van der Waals surface area contributed by atoms with Gasteiger partial charge in [-0.15, -0.1) is 0 Å². The summed E-state index contributed by atoms with van der Waals surface area (Å²) in [5.74, 6) is -0.207. The highest BCUT2D eigenvalue weighted by atomic mass is 31.2. The molecular formula is C34H68N2O6P+. The lowest BCUT2D eigenvalue weighted by Gasteiger charge is -2.25. The van der Waals surface area contributed by atoms with E-state index in [9.17, 15) is 19.4 Å². The van der Waals surface area contributed by atoms with Crippen LogP contribution in [0.2, 0.25) is 0 Å². The zero-order valence-electron chi connectivity index (χ0n) is 28.4. The van der Waals surface area contributed by atoms with Crippen LogP contribution in [0, 0.1) is 0 Å². The summed E-state index contributed by atoms with van der Waals surface area (Å²) in [4.78, 5) is 22.6. The van der Waals surface area contributed by atoms with Gasteiger partial charge < -0.3 is 19.8 Å². The van der Waals surface area contributed by atoms with Crippen LogP contribution in [-0.2, 0) is 18.4 Å². The number of nitrogens with zero attached hydrogens (tertiary/aromatic N) is 1. The van der Waals surface area contributed by atoms with Crippen molar-refractivity contribution in [2.24, 2.45) is 0 Å². The van der Waals surface area contributed by atoms with E-state index in [4.69, 9.17) is 9.05 Å². The zero-order valence-corrected chi connectivity index (χ0v) is 29.3. The van der Waals surface area contributed by atoms with Gasteiger partial charge in [-0.1, -0.05) is 122 Å². The Morgan fingerprint density at radius 3 is 1.86 bits per heavy atom. The molecule has 0 fully saturated rings. The zero-order chi connectivity index (χ0) is 32.2. The first-order valence-corrected chi connectivity index (χ1v) is 18.7. The average Bonchev–Trinajstić information content (AvgIpc) is 2.94. The summed E-state index contributed by atoms with van der Waals surface area (Å²) in [6, 6.07) is -0.853. The molecule has 0 heterocycles. The number of likely N-dealkylation sites (N-methyl/N-ethyl adjacent to an activating group) is 1. The van der Waals surface area contributed by atoms with Crippen LogP contribution in [0.4, 0.5) is 0 Å². The first-order valence-electron chi connectivity index (χ1n) is 17.2. The molecule has 8 nitrogen and oxygen atoms in total. The average molecular weight is 632 g/mol. The Morgan fingerprint density at radius 2 is 1.28 bits per heavy atom. The molecule has 0 aromatic carbocycles. The second kappa shape index (κ2) is 27.3. The van der Waals surface area contributed by atoms with Crippen molar-refractivity contribution in [3.8, 4) is 0 Å². The number of quaternary nitrogens is 1. The van der Waals surface area contributed by atoms with Gasteiger partial charge in [-0.2, -0.15) is 0 Å². The van der Waals surface area contributed by atoms with Crippen LogP contribution in [0.1, 0.15) is 136 Å². The molecule has 0 aliphatic rings. The normalized spacial score (nSPS) is 15.2. The number of unbranched alkanes of at least 4 members (excludes halogenated alkanes) is 15. The third-order valence-electron chi connectivity index (χ3n) is 7.42. The molecule has 0 aliphatic carbocycles. The molecule has 43 heavy (non-hydrogen) atoms. The summed E-state index contributed by atoms with van der Waals surface area (Å²) in [5.41, 5.74) is 0. The van der Waals surface area contributed by atoms with Gasteiger partial charge in [0.15, 0.2) is 0 Å². The molecule has 3 unspecified atom stereocenters. The number of carbonyl (C=O) groups excluding carboxylic acids is 1. The Morgan fingerprint density at radius 1 is 0.767 bits per heavy atom. The van der Waals surface area contributed by atoms with E-state index in [1.807, 2.05) is 27.2 Å². The maximum absolute atomic E-state index is 12.5. The predicted octanol–water partition coefficient (Wildman–Crippen LogP) is 8.24. The summed E-state index contributed by atoms with van der Waals surface area (Å²) in [6.07, 6.45) is 28.7. The molecule has 3 atom stereocenters. The lowest BCUT2D eigenvalue weighted by Crippen LogP contribution is -2.45. The minimum atomic E-state index is -4.32. The van der Waals surface area contributed by atoms with Crippen molar-refractivity contribution < 1.29 is 32.9 Å². The third-order valence-corrected chi connectivity index (χ3v) is 8.41. The second-order valence-electron chi connectivity index (χ2n) is 12.9. The molecule has 1 amide bonds. The van der Waals surface area contributed by atoms with Crippen LogP contribution < -0.4 is 5.32 Å². The monoisotopic (exact) mass is 631 g/mol. The van der Waals surface area contributed by atoms with Gasteiger partial charge in [0.2, 0.25) is 5.91 Å². The molecule has 0 aromatic heterocycles. The lowest BCUT2D eigenvalue weighted by molar-refractivity contribution is -0.870. The lowest BCUT2D eigenvalue weighted by atomic mass is 10.1. The van der Waals surface area contributed by atoms with Crippen LogP contribution in [0.3, 0.4) is 0 Å². The van der Waals surface area contributed by atoms with Gasteiger partial charge in [0.25, 0.3) is 0 Å². The van der Waals surface area contributed by atoms with Crippen molar-refractivity contribution in [3.63, 3.8) is 0 Å². The topological polar surface area (TPSA) is 105 Å². The number of amides is 1. The minimum absolute atomic E-state index is 0.0565. The quantitative estimate of drug-likeness (QED) is 0.0319. The standard InChI is InChI=1S/C34H67N2O6P/c1-6-8-10-12-13-14-15-16-17-18-19-20-21-22-23-24-25-27-33(37)32(35-34(38)28-26-11-9-7-2)31-42-43(39,40)41-30-29-36(3,4)5/h21-22,25,27,32-33,37H,6-20,23-24,26,28-31H2,1-5H3,(H-,35,38,39,40)/p+1/b22-21+,27-25+. The number of hydrogen-bond donors (Lipinski definition) is 3. The van der Waals surface area contributed by atoms with E-state index < -0.39 is 20.0 Å². The van der Waals surface area contributed by atoms with Crippen LogP contribution >= 0.6 is 7.82 Å². The number of hydrogen-bond acceptors (Lipinski definition) is 5. The Balaban J connectivity index is 4.43. The molecule has 3 N–H and O–H groups in total. The predicted molar refractivity (Wildman–Crippen MR) is 180 cm³/mol. The van der Waals surface area contributed by atoms with E-state index in [0.29, 0.717) is 17.4 Å². The van der Waals surface area contributed by atoms with Gasteiger partial charge >= 0.3 is 7.82 Å². The fourth-order valence-electron chi connectivity index (χ4n) is 4.58. The molecule has 0 rings (SSSR count). The molecule has 0 bridgehead atoms. The molecule has 254 valence electrons. The van der Waals surface area contributed by atoms with Crippen molar-refractivity contribution >= 4 is 13.7 Å². The SMILES string of the molecule is CCCCCCCCCCCCC/C=C/CC/C=C/C(O)C(COP(=O)(O)OCC[N+](C)(C)C)NC(=O)CCCCCC. The second-order valence-corrected chi connectivity index (χ2v) is 14.3. The molecule has 0 saturated carbocycles. The molecule has 0 aliphatic heterocycles. The van der Waals surface area contributed by atoms with E-state index in [0.717, 1.165) is 44.9 Å². The highest BCUT2D eigenvalue weighted by Crippen LogP contribution is 2.43. The van der Waals surface area contributed by atoms with Crippen molar-refractivity contribution in [2.45, 2.75) is 148 Å². The Kier molecular flexibility index (Phi) is 26.7. The number of nitrogens with one attached hydrogen (secondary N) is 1. The molecule has 0 aromatic rings. The number of allylic oxidation sites excluding steroid dienone is 3. The van der Waals surface area contributed by atoms with E-state index in [1.54, 1.807) is 6.08 Å². The van der Waals surface area contributed by atoms with Crippen molar-refractivity contribution in [1.82, 2.24) is 5.32 Å². The summed E-state index contributed by atoms with van der Waals surface area (Å²) in [7, 11) is 1.55. The van der Waals surface area contributed by atoms with E-state index in [2.05, 4.69) is 31.3 Å². The fourth-order valence-corrected chi connectivity index (χ4v) is 5.32. The van der Waals surface area contributed by atoms with Gasteiger partial charge in [-0.05, 0) is 32.1 Å². The van der Waals surface area contributed by atoms with Crippen molar-refractivity contribution in [1.29, 1.82) is 0 Å². The summed E-state index contributed by atoms with van der Waals surface area (Å²) >= 11 is 0. The number of phosphoric ester groups is 1. The maximum Gasteiger partial charge on any atom is 0.472 e. The van der Waals surface area contributed by atoms with Crippen molar-refractivity contribution in [2.75, 3.05) is 40.9 Å². The molecular weight excluding hydrogens is 563 g/mol. The molecule has 9 heteroatoms. The summed E-state index contributed by atoms with van der Waals surface area (Å²) in [5, 5.41) is 13.5. The van der Waals surface area contributed by atoms with Crippen LogP contribution in [0.5, 0.6) is 0 Å². The highest BCUT2D eigenvalue weighted by molar-refractivity contribution is 7.47. The number of rotatable bonds is 30. The van der Waals surface area contributed by atoms with Gasteiger partial charge in [0.1, 0.15) is 13.2 Å². The van der Waals surface area contributed by atoms with Crippen LogP contribution in [-0.4, -0.2) is 73.4 Å². The number of aliphatic hydroxyl groups is 1. The van der Waals surface area contributed by atoms with Gasteiger partial charge in [0.05, 0.1) is 39.9 Å². The minimum Gasteiger partial charge on any atom is -0.387 e. The fraction of sp³-hybridized carbons (Fsp3) is 0.853. The first-order chi connectivity index (χ1) is 20.5. The smallest absolute Gasteiger partial charge is 0.387 e. The first kappa shape index (κ1) is 42.0. The van der Waals surface area contributed by atoms with Crippen molar-refractivity contribution in [3.05, 3.63) is 24.3 Å². The third kappa shape index (κ3) is 29.5. The molecule has 0 radical (unpaired) electrons. The largest absolute Gasteiger partial charge is 0.472 e. The van der Waals surface area contributed by atoms with Gasteiger partial charge in [-0.3, -0.25) is 13.8 Å². The van der Waals surface area contributed by atoms with Gasteiger partial charge in [-0.25, -0.2) is 4.57 Å². The highest BCUT2D eigenvalue weighted by Gasteiger charge is 2.27. The van der Waals surface area contributed by atoms with E-state index in [-0.39, 0.29) is 19.1 Å². The number of carbonyl (C=O) groups is 1. The maximum atomic E-state index is 12.5. The van der Waals surface area contributed by atoms with E-state index >= 15 is 0 Å².